The van der Waals surface area contributed by atoms with Crippen molar-refractivity contribution in [3.05, 3.63) is 42.0 Å². The molecule has 0 N–H and O–H groups in total. The zero-order valence-corrected chi connectivity index (χ0v) is 15.8. The molecular formula is C22H29NO2. The number of nitrogens with zero attached hydrogens (tertiary/aromatic N) is 1. The van der Waals surface area contributed by atoms with Gasteiger partial charge in [0.15, 0.2) is 0 Å². The van der Waals surface area contributed by atoms with Gasteiger partial charge in [-0.3, -0.25) is 4.79 Å². The largest absolute Gasteiger partial charge is 0.466 e. The molecule has 0 aliphatic carbocycles. The summed E-state index contributed by atoms with van der Waals surface area (Å²) in [5.74, 6) is -0.0799. The maximum absolute atomic E-state index is 11.5. The van der Waals surface area contributed by atoms with Crippen LogP contribution in [0.2, 0.25) is 0 Å². The van der Waals surface area contributed by atoms with Gasteiger partial charge in [0.05, 0.1) is 6.61 Å². The minimum Gasteiger partial charge on any atom is -0.466 e. The van der Waals surface area contributed by atoms with Gasteiger partial charge in [0.2, 0.25) is 0 Å². The van der Waals surface area contributed by atoms with Gasteiger partial charge in [-0.2, -0.15) is 0 Å². The van der Waals surface area contributed by atoms with Crippen molar-refractivity contribution in [2.75, 3.05) is 18.1 Å². The third-order valence-electron chi connectivity index (χ3n) is 5.71. The first-order valence-corrected chi connectivity index (χ1v) is 9.41. The van der Waals surface area contributed by atoms with E-state index in [0.29, 0.717) is 19.1 Å². The number of carbonyl (C=O) groups is 1. The predicted molar refractivity (Wildman–Crippen MR) is 104 cm³/mol. The lowest BCUT2D eigenvalue weighted by Gasteiger charge is -2.31. The van der Waals surface area contributed by atoms with Gasteiger partial charge >= 0.3 is 5.97 Å². The molecule has 0 bridgehead atoms. The van der Waals surface area contributed by atoms with Gasteiger partial charge in [0, 0.05) is 30.1 Å². The smallest absolute Gasteiger partial charge is 0.305 e. The summed E-state index contributed by atoms with van der Waals surface area (Å²) in [7, 11) is 0. The van der Waals surface area contributed by atoms with Crippen LogP contribution in [-0.2, 0) is 14.9 Å². The standard InChI is InChI=1S/C22H29NO2/c1-5-25-20(24)12-8-9-15-23-16(2)22(3,4)21-18-11-7-6-10-17(18)13-14-19(21)23/h6-7,10-11,13-14,16H,5,8-9,12,15H2,1-4H3. The summed E-state index contributed by atoms with van der Waals surface area (Å²) in [6.07, 6.45) is 2.40. The van der Waals surface area contributed by atoms with Crippen LogP contribution >= 0.6 is 0 Å². The molecule has 1 unspecified atom stereocenters. The fraction of sp³-hybridized carbons (Fsp3) is 0.500. The topological polar surface area (TPSA) is 29.5 Å². The second-order valence-electron chi connectivity index (χ2n) is 7.53. The first-order chi connectivity index (χ1) is 12.0. The van der Waals surface area contributed by atoms with Crippen LogP contribution < -0.4 is 4.90 Å². The minimum absolute atomic E-state index is 0.0799. The molecule has 2 aromatic carbocycles. The summed E-state index contributed by atoms with van der Waals surface area (Å²) < 4.78 is 5.02. The molecule has 0 saturated carbocycles. The Hall–Kier alpha value is -2.03. The maximum atomic E-state index is 11.5. The Morgan fingerprint density at radius 3 is 2.68 bits per heavy atom. The molecule has 0 spiro atoms. The number of unbranched alkanes of at least 4 members (excludes halogenated alkanes) is 1. The van der Waals surface area contributed by atoms with Gasteiger partial charge < -0.3 is 9.64 Å². The van der Waals surface area contributed by atoms with Crippen LogP contribution in [0.4, 0.5) is 5.69 Å². The molecule has 0 saturated heterocycles. The molecule has 3 nitrogen and oxygen atoms in total. The van der Waals surface area contributed by atoms with Crippen LogP contribution in [0.5, 0.6) is 0 Å². The molecule has 25 heavy (non-hydrogen) atoms. The molecule has 1 heterocycles. The Morgan fingerprint density at radius 1 is 1.16 bits per heavy atom. The summed E-state index contributed by atoms with van der Waals surface area (Å²) >= 11 is 0. The first-order valence-electron chi connectivity index (χ1n) is 9.41. The fourth-order valence-electron chi connectivity index (χ4n) is 4.08. The van der Waals surface area contributed by atoms with Crippen molar-refractivity contribution in [2.45, 2.75) is 58.4 Å². The van der Waals surface area contributed by atoms with Gasteiger partial charge in [-0.05, 0) is 49.1 Å². The lowest BCUT2D eigenvalue weighted by atomic mass is 9.79. The molecule has 3 rings (SSSR count). The molecule has 1 aliphatic rings. The van der Waals surface area contributed by atoms with Crippen molar-refractivity contribution in [2.24, 2.45) is 0 Å². The minimum atomic E-state index is -0.0799. The highest BCUT2D eigenvalue weighted by atomic mass is 16.5. The van der Waals surface area contributed by atoms with Crippen molar-refractivity contribution in [1.29, 1.82) is 0 Å². The number of rotatable bonds is 6. The number of benzene rings is 2. The van der Waals surface area contributed by atoms with E-state index >= 15 is 0 Å². The SMILES string of the molecule is CCOC(=O)CCCCN1c2ccc3ccccc3c2C(C)(C)C1C. The van der Waals surface area contributed by atoms with Crippen molar-refractivity contribution >= 4 is 22.4 Å². The highest BCUT2D eigenvalue weighted by Gasteiger charge is 2.42. The third-order valence-corrected chi connectivity index (χ3v) is 5.71. The zero-order chi connectivity index (χ0) is 18.0. The van der Waals surface area contributed by atoms with Gasteiger partial charge in [-0.25, -0.2) is 0 Å². The molecular weight excluding hydrogens is 310 g/mol. The van der Waals surface area contributed by atoms with Crippen LogP contribution in [0, 0.1) is 0 Å². The second kappa shape index (κ2) is 7.07. The second-order valence-corrected chi connectivity index (χ2v) is 7.53. The summed E-state index contributed by atoms with van der Waals surface area (Å²) in [6.45, 7) is 10.3. The van der Waals surface area contributed by atoms with Crippen molar-refractivity contribution < 1.29 is 9.53 Å². The van der Waals surface area contributed by atoms with Crippen LogP contribution in [0.15, 0.2) is 36.4 Å². The van der Waals surface area contributed by atoms with E-state index in [1.807, 2.05) is 6.92 Å². The summed E-state index contributed by atoms with van der Waals surface area (Å²) in [4.78, 5) is 14.0. The predicted octanol–water partition coefficient (Wildman–Crippen LogP) is 5.06. The van der Waals surface area contributed by atoms with Gasteiger partial charge in [0.1, 0.15) is 0 Å². The van der Waals surface area contributed by atoms with E-state index < -0.39 is 0 Å². The molecule has 0 radical (unpaired) electrons. The normalized spacial score (nSPS) is 18.4. The van der Waals surface area contributed by atoms with Gasteiger partial charge in [-0.1, -0.05) is 44.2 Å². The van der Waals surface area contributed by atoms with Gasteiger partial charge in [0.25, 0.3) is 0 Å². The fourth-order valence-corrected chi connectivity index (χ4v) is 4.08. The molecule has 0 aromatic heterocycles. The molecule has 134 valence electrons. The van der Waals surface area contributed by atoms with E-state index in [9.17, 15) is 4.79 Å². The quantitative estimate of drug-likeness (QED) is 0.544. The lowest BCUT2D eigenvalue weighted by Crippen LogP contribution is -2.39. The zero-order valence-electron chi connectivity index (χ0n) is 15.8. The average molecular weight is 339 g/mol. The first kappa shape index (κ1) is 17.8. The number of ether oxygens (including phenoxy) is 1. The molecule has 1 aliphatic heterocycles. The lowest BCUT2D eigenvalue weighted by molar-refractivity contribution is -0.143. The third kappa shape index (κ3) is 3.24. The van der Waals surface area contributed by atoms with E-state index in [2.05, 4.69) is 62.1 Å². The Morgan fingerprint density at radius 2 is 1.92 bits per heavy atom. The number of fused-ring (bicyclic) bond motifs is 3. The number of anilines is 1. The van der Waals surface area contributed by atoms with Gasteiger partial charge in [-0.15, -0.1) is 0 Å². The average Bonchev–Trinajstić information content (AvgIpc) is 2.79. The molecule has 1 atom stereocenters. The molecule has 0 amide bonds. The number of hydrogen-bond acceptors (Lipinski definition) is 3. The van der Waals surface area contributed by atoms with E-state index in [1.165, 1.54) is 22.0 Å². The Labute approximate surface area is 151 Å². The highest BCUT2D eigenvalue weighted by Crippen LogP contribution is 2.48. The van der Waals surface area contributed by atoms with Crippen molar-refractivity contribution in [3.63, 3.8) is 0 Å². The number of esters is 1. The summed E-state index contributed by atoms with van der Waals surface area (Å²) in [6, 6.07) is 13.6. The maximum Gasteiger partial charge on any atom is 0.305 e. The van der Waals surface area contributed by atoms with Crippen molar-refractivity contribution in [1.82, 2.24) is 0 Å². The van der Waals surface area contributed by atoms with Crippen molar-refractivity contribution in [3.8, 4) is 0 Å². The Bertz CT molecular complexity index is 766. The van der Waals surface area contributed by atoms with E-state index in [4.69, 9.17) is 4.74 Å². The molecule has 2 aromatic rings. The summed E-state index contributed by atoms with van der Waals surface area (Å²) in [5.41, 5.74) is 2.92. The highest BCUT2D eigenvalue weighted by molar-refractivity contribution is 5.93. The monoisotopic (exact) mass is 339 g/mol. The summed E-state index contributed by atoms with van der Waals surface area (Å²) in [5, 5.41) is 2.68. The Kier molecular flexibility index (Phi) is 5.03. The number of carbonyl (C=O) groups excluding carboxylic acids is 1. The Balaban J connectivity index is 1.79. The van der Waals surface area contributed by atoms with Crippen LogP contribution in [0.1, 0.15) is 52.5 Å². The number of hydrogen-bond donors (Lipinski definition) is 0. The van der Waals surface area contributed by atoms with Crippen LogP contribution in [0.25, 0.3) is 10.8 Å². The van der Waals surface area contributed by atoms with Crippen LogP contribution in [0.3, 0.4) is 0 Å². The molecule has 0 fully saturated rings. The van der Waals surface area contributed by atoms with E-state index in [-0.39, 0.29) is 11.4 Å². The van der Waals surface area contributed by atoms with E-state index in [1.54, 1.807) is 0 Å². The van der Waals surface area contributed by atoms with Crippen LogP contribution in [-0.4, -0.2) is 25.2 Å². The molecule has 3 heteroatoms. The van der Waals surface area contributed by atoms with E-state index in [0.717, 1.165) is 19.4 Å².